The molecule has 0 spiro atoms. The van der Waals surface area contributed by atoms with Gasteiger partial charge in [0.05, 0.1) is 13.0 Å². The first kappa shape index (κ1) is 16.8. The number of carbonyl (C=O) groups excluding carboxylic acids is 1. The lowest BCUT2D eigenvalue weighted by atomic mass is 9.97. The Morgan fingerprint density at radius 2 is 1.67 bits per heavy atom. The van der Waals surface area contributed by atoms with Crippen LogP contribution < -0.4 is 10.1 Å². The Balaban J connectivity index is 1.80. The summed E-state index contributed by atoms with van der Waals surface area (Å²) >= 11 is 2.24. The normalized spacial score (nSPS) is 12.0. The average Bonchev–Trinajstić information content (AvgIpc) is 2.62. The molecule has 3 rings (SSSR count). The fourth-order valence-electron chi connectivity index (χ4n) is 2.57. The number of fused-ring (bicyclic) bond motifs is 1. The largest absolute Gasteiger partial charge is 0.497 e. The molecule has 1 unspecified atom stereocenters. The second kappa shape index (κ2) is 7.21. The third-order valence-electron chi connectivity index (χ3n) is 4.08. The van der Waals surface area contributed by atoms with E-state index in [0.29, 0.717) is 0 Å². The van der Waals surface area contributed by atoms with E-state index in [2.05, 4.69) is 34.0 Å². The van der Waals surface area contributed by atoms with Gasteiger partial charge in [0.2, 0.25) is 5.91 Å². The van der Waals surface area contributed by atoms with Crippen molar-refractivity contribution in [2.45, 2.75) is 12.8 Å². The Bertz CT molecular complexity index is 874. The first-order valence-corrected chi connectivity index (χ1v) is 8.79. The van der Waals surface area contributed by atoms with Crippen molar-refractivity contribution in [3.8, 4) is 5.75 Å². The van der Waals surface area contributed by atoms with Crippen LogP contribution in [-0.2, 0) is 4.79 Å². The minimum atomic E-state index is -0.226. The van der Waals surface area contributed by atoms with E-state index in [0.717, 1.165) is 31.3 Å². The zero-order valence-electron chi connectivity index (χ0n) is 13.5. The van der Waals surface area contributed by atoms with Crippen molar-refractivity contribution in [2.24, 2.45) is 0 Å². The molecule has 0 radical (unpaired) electrons. The van der Waals surface area contributed by atoms with Gasteiger partial charge in [0.1, 0.15) is 5.75 Å². The molecule has 1 N–H and O–H groups in total. The van der Waals surface area contributed by atoms with Crippen LogP contribution in [0.1, 0.15) is 18.4 Å². The van der Waals surface area contributed by atoms with Gasteiger partial charge in [0, 0.05) is 9.26 Å². The number of ether oxygens (including phenoxy) is 1. The number of nitrogens with one attached hydrogen (secondary N) is 1. The molecule has 4 heteroatoms. The molecular formula is C20H18INO2. The highest BCUT2D eigenvalue weighted by molar-refractivity contribution is 14.1. The lowest BCUT2D eigenvalue weighted by molar-refractivity contribution is -0.117. The van der Waals surface area contributed by atoms with Crippen LogP contribution in [0.15, 0.2) is 60.7 Å². The molecule has 3 nitrogen and oxygen atoms in total. The van der Waals surface area contributed by atoms with Crippen molar-refractivity contribution < 1.29 is 9.53 Å². The highest BCUT2D eigenvalue weighted by atomic mass is 127. The predicted molar refractivity (Wildman–Crippen MR) is 107 cm³/mol. The highest BCUT2D eigenvalue weighted by Crippen LogP contribution is 2.26. The van der Waals surface area contributed by atoms with Crippen molar-refractivity contribution >= 4 is 45.0 Å². The maximum Gasteiger partial charge on any atom is 0.231 e. The molecule has 0 saturated carbocycles. The van der Waals surface area contributed by atoms with E-state index in [1.54, 1.807) is 7.11 Å². The minimum Gasteiger partial charge on any atom is -0.497 e. The maximum atomic E-state index is 12.5. The summed E-state index contributed by atoms with van der Waals surface area (Å²) in [6, 6.07) is 19.8. The number of anilines is 1. The van der Waals surface area contributed by atoms with E-state index >= 15 is 0 Å². The summed E-state index contributed by atoms with van der Waals surface area (Å²) in [4.78, 5) is 12.5. The number of hydrogen-bond donors (Lipinski definition) is 1. The molecule has 0 heterocycles. The summed E-state index contributed by atoms with van der Waals surface area (Å²) in [6.45, 7) is 1.92. The summed E-state index contributed by atoms with van der Waals surface area (Å²) < 4.78 is 6.39. The Hall–Kier alpha value is -2.08. The van der Waals surface area contributed by atoms with Crippen molar-refractivity contribution in [2.75, 3.05) is 12.4 Å². The van der Waals surface area contributed by atoms with Crippen molar-refractivity contribution in [3.05, 3.63) is 69.8 Å². The molecule has 0 bridgehead atoms. The molecule has 1 amide bonds. The van der Waals surface area contributed by atoms with Gasteiger partial charge in [-0.25, -0.2) is 0 Å². The van der Waals surface area contributed by atoms with Gasteiger partial charge in [-0.1, -0.05) is 24.3 Å². The van der Waals surface area contributed by atoms with E-state index in [1.165, 1.54) is 0 Å². The van der Waals surface area contributed by atoms with Gasteiger partial charge in [-0.05, 0) is 82.2 Å². The molecule has 24 heavy (non-hydrogen) atoms. The third-order valence-corrected chi connectivity index (χ3v) is 4.80. The van der Waals surface area contributed by atoms with Crippen LogP contribution in [0.5, 0.6) is 5.75 Å². The van der Waals surface area contributed by atoms with Crippen LogP contribution in [-0.4, -0.2) is 13.0 Å². The smallest absolute Gasteiger partial charge is 0.231 e. The highest BCUT2D eigenvalue weighted by Gasteiger charge is 2.16. The first-order chi connectivity index (χ1) is 11.6. The van der Waals surface area contributed by atoms with Crippen LogP contribution in [0, 0.1) is 3.57 Å². The van der Waals surface area contributed by atoms with E-state index < -0.39 is 0 Å². The summed E-state index contributed by atoms with van der Waals surface area (Å²) in [5.74, 6) is 0.597. The average molecular weight is 431 g/mol. The Labute approximate surface area is 155 Å². The molecular weight excluding hydrogens is 413 g/mol. The molecule has 0 aromatic heterocycles. The van der Waals surface area contributed by atoms with Gasteiger partial charge >= 0.3 is 0 Å². The van der Waals surface area contributed by atoms with Crippen LogP contribution in [0.25, 0.3) is 10.8 Å². The lowest BCUT2D eigenvalue weighted by Crippen LogP contribution is -2.18. The number of benzene rings is 3. The third kappa shape index (κ3) is 3.70. The van der Waals surface area contributed by atoms with E-state index in [4.69, 9.17) is 4.74 Å². The minimum absolute atomic E-state index is 0.0101. The number of amides is 1. The lowest BCUT2D eigenvalue weighted by Gasteiger charge is -2.14. The monoisotopic (exact) mass is 431 g/mol. The fraction of sp³-hybridized carbons (Fsp3) is 0.150. The van der Waals surface area contributed by atoms with Crippen LogP contribution in [0.3, 0.4) is 0 Å². The summed E-state index contributed by atoms with van der Waals surface area (Å²) in [5, 5.41) is 5.17. The number of halogens is 1. The van der Waals surface area contributed by atoms with Crippen molar-refractivity contribution in [1.29, 1.82) is 0 Å². The Kier molecular flexibility index (Phi) is 5.04. The number of carbonyl (C=O) groups is 1. The SMILES string of the molecule is COc1ccc2cc(C(C)C(=O)Nc3ccc(I)cc3)ccc2c1. The molecule has 3 aromatic rings. The molecule has 122 valence electrons. The van der Waals surface area contributed by atoms with E-state index in [9.17, 15) is 4.79 Å². The van der Waals surface area contributed by atoms with E-state index in [1.807, 2.05) is 61.5 Å². The fourth-order valence-corrected chi connectivity index (χ4v) is 2.93. The number of hydrogen-bond acceptors (Lipinski definition) is 2. The Morgan fingerprint density at radius 1 is 1.00 bits per heavy atom. The van der Waals surface area contributed by atoms with Crippen LogP contribution in [0.2, 0.25) is 0 Å². The Morgan fingerprint density at radius 3 is 2.38 bits per heavy atom. The van der Waals surface area contributed by atoms with Crippen LogP contribution >= 0.6 is 22.6 Å². The molecule has 0 aliphatic rings. The quantitative estimate of drug-likeness (QED) is 0.578. The number of methoxy groups -OCH3 is 1. The van der Waals surface area contributed by atoms with E-state index in [-0.39, 0.29) is 11.8 Å². The van der Waals surface area contributed by atoms with Crippen LogP contribution in [0.4, 0.5) is 5.69 Å². The zero-order chi connectivity index (χ0) is 17.1. The summed E-state index contributed by atoms with van der Waals surface area (Å²) in [5.41, 5.74) is 1.81. The van der Waals surface area contributed by atoms with Gasteiger partial charge in [-0.2, -0.15) is 0 Å². The van der Waals surface area contributed by atoms with Gasteiger partial charge in [-0.15, -0.1) is 0 Å². The number of rotatable bonds is 4. The van der Waals surface area contributed by atoms with Gasteiger partial charge < -0.3 is 10.1 Å². The molecule has 0 fully saturated rings. The molecule has 1 atom stereocenters. The van der Waals surface area contributed by atoms with Gasteiger partial charge in [0.15, 0.2) is 0 Å². The van der Waals surface area contributed by atoms with Crippen molar-refractivity contribution in [1.82, 2.24) is 0 Å². The molecule has 3 aromatic carbocycles. The molecule has 0 aliphatic carbocycles. The zero-order valence-corrected chi connectivity index (χ0v) is 15.7. The second-order valence-corrected chi connectivity index (χ2v) is 6.94. The second-order valence-electron chi connectivity index (χ2n) is 5.69. The topological polar surface area (TPSA) is 38.3 Å². The maximum absolute atomic E-state index is 12.5. The molecule has 0 aliphatic heterocycles. The standard InChI is InChI=1S/C20H18INO2/c1-13(20(23)22-18-8-6-17(21)7-9-18)14-3-4-16-12-19(24-2)10-5-15(16)11-14/h3-13H,1-2H3,(H,22,23). The van der Waals surface area contributed by atoms with Gasteiger partial charge in [0.25, 0.3) is 0 Å². The first-order valence-electron chi connectivity index (χ1n) is 7.71. The summed E-state index contributed by atoms with van der Waals surface area (Å²) in [6.07, 6.45) is 0. The summed E-state index contributed by atoms with van der Waals surface area (Å²) in [7, 11) is 1.66. The van der Waals surface area contributed by atoms with Crippen molar-refractivity contribution in [3.63, 3.8) is 0 Å². The molecule has 0 saturated heterocycles. The van der Waals surface area contributed by atoms with Gasteiger partial charge in [-0.3, -0.25) is 4.79 Å². The predicted octanol–water partition coefficient (Wildman–Crippen LogP) is 5.20.